The lowest BCUT2D eigenvalue weighted by Gasteiger charge is -2.34. The number of carbonyl (C=O) groups excluding carboxylic acids is 1. The molecule has 1 N–H and O–H groups in total. The van der Waals surface area contributed by atoms with Crippen LogP contribution in [0.1, 0.15) is 57.9 Å². The molecular weight excluding hydrogens is 437 g/mol. The van der Waals surface area contributed by atoms with E-state index in [1.54, 1.807) is 30.5 Å². The number of aromatic nitrogens is 2. The fraction of sp³-hybridized carbons (Fsp3) is 0.444. The quantitative estimate of drug-likeness (QED) is 0.422. The van der Waals surface area contributed by atoms with E-state index in [4.69, 9.17) is 11.6 Å². The van der Waals surface area contributed by atoms with Crippen LogP contribution in [0.2, 0.25) is 5.15 Å². The highest BCUT2D eigenvalue weighted by atomic mass is 35.5. The monoisotopic (exact) mass is 465 g/mol. The summed E-state index contributed by atoms with van der Waals surface area (Å²) < 4.78 is 14.0. The van der Waals surface area contributed by atoms with E-state index in [1.165, 1.54) is 11.6 Å². The number of rotatable bonds is 4. The first-order valence-electron chi connectivity index (χ1n) is 11.6. The molecule has 33 heavy (non-hydrogen) atoms. The van der Waals surface area contributed by atoms with Gasteiger partial charge in [0.05, 0.1) is 17.4 Å². The number of hydrogen-bond donors (Lipinski definition) is 1. The molecule has 6 heteroatoms. The Labute approximate surface area is 199 Å². The minimum atomic E-state index is -0.219. The van der Waals surface area contributed by atoms with Crippen molar-refractivity contribution in [2.75, 3.05) is 5.32 Å². The van der Waals surface area contributed by atoms with E-state index in [0.717, 1.165) is 36.6 Å². The van der Waals surface area contributed by atoms with Gasteiger partial charge in [0.2, 0.25) is 5.91 Å². The molecule has 0 bridgehead atoms. The molecule has 0 saturated heterocycles. The van der Waals surface area contributed by atoms with E-state index in [-0.39, 0.29) is 28.5 Å². The van der Waals surface area contributed by atoms with Gasteiger partial charge < -0.3 is 5.32 Å². The predicted octanol–water partition coefficient (Wildman–Crippen LogP) is 7.00. The van der Waals surface area contributed by atoms with E-state index < -0.39 is 0 Å². The number of amides is 1. The predicted molar refractivity (Wildman–Crippen MR) is 130 cm³/mol. The van der Waals surface area contributed by atoms with Crippen LogP contribution in [-0.2, 0) is 4.79 Å². The molecule has 2 fully saturated rings. The van der Waals surface area contributed by atoms with Gasteiger partial charge in [0, 0.05) is 17.5 Å². The van der Waals surface area contributed by atoms with Gasteiger partial charge in [-0.1, -0.05) is 32.4 Å². The number of halogens is 2. The largest absolute Gasteiger partial charge is 0.324 e. The topological polar surface area (TPSA) is 54.9 Å². The summed E-state index contributed by atoms with van der Waals surface area (Å²) in [5.74, 6) is 0.422. The molecule has 0 spiro atoms. The van der Waals surface area contributed by atoms with Crippen molar-refractivity contribution in [2.45, 2.75) is 52.4 Å². The Morgan fingerprint density at radius 2 is 1.82 bits per heavy atom. The van der Waals surface area contributed by atoms with Crippen LogP contribution in [0.3, 0.4) is 0 Å². The highest BCUT2D eigenvalue weighted by molar-refractivity contribution is 6.29. The molecule has 0 aliphatic heterocycles. The first kappa shape index (κ1) is 22.3. The maximum absolute atomic E-state index is 14.0. The zero-order valence-corrected chi connectivity index (χ0v) is 20.0. The van der Waals surface area contributed by atoms with E-state index in [2.05, 4.69) is 35.2 Å². The minimum Gasteiger partial charge on any atom is -0.324 e. The summed E-state index contributed by atoms with van der Waals surface area (Å²) in [6.07, 6.45) is 7.56. The van der Waals surface area contributed by atoms with Gasteiger partial charge >= 0.3 is 0 Å². The van der Waals surface area contributed by atoms with Crippen molar-refractivity contribution in [3.63, 3.8) is 0 Å². The summed E-state index contributed by atoms with van der Waals surface area (Å²) in [6, 6.07) is 10.4. The Kier molecular flexibility index (Phi) is 5.43. The van der Waals surface area contributed by atoms with Crippen molar-refractivity contribution in [1.29, 1.82) is 0 Å². The molecule has 1 amide bonds. The van der Waals surface area contributed by atoms with Gasteiger partial charge in [-0.05, 0) is 90.3 Å². The van der Waals surface area contributed by atoms with Gasteiger partial charge in [-0.2, -0.15) is 0 Å². The number of anilines is 1. The Bertz CT molecular complexity index is 1200. The zero-order valence-electron chi connectivity index (χ0n) is 19.2. The van der Waals surface area contributed by atoms with Crippen molar-refractivity contribution >= 4 is 34.1 Å². The fourth-order valence-electron chi connectivity index (χ4n) is 6.53. The molecule has 2 aliphatic carbocycles. The van der Waals surface area contributed by atoms with Gasteiger partial charge in [-0.25, -0.2) is 9.37 Å². The average molecular weight is 466 g/mol. The number of carbonyl (C=O) groups is 1. The molecule has 3 unspecified atom stereocenters. The minimum absolute atomic E-state index is 0.0310. The Hall–Kier alpha value is -2.53. The first-order valence-corrected chi connectivity index (χ1v) is 12.0. The number of fused-ring (bicyclic) bond motifs is 2. The zero-order chi connectivity index (χ0) is 23.4. The van der Waals surface area contributed by atoms with Crippen molar-refractivity contribution in [2.24, 2.45) is 22.7 Å². The highest BCUT2D eigenvalue weighted by Crippen LogP contribution is 2.68. The standard InChI is InChI=1S/C27H29ClFN3O/c1-16(25(33)32-20-5-7-24(28)31-15-20)17-11-26(2)13-18(14-27(26,3)12-17)21-8-9-30-23-6-4-19(29)10-22(21)23/h4-10,15-18H,11-14H2,1-3H3,(H,32,33)/t16?,17?,18?,26-,27+. The molecule has 2 aliphatic rings. The van der Waals surface area contributed by atoms with Crippen LogP contribution in [-0.4, -0.2) is 15.9 Å². The molecule has 5 atom stereocenters. The van der Waals surface area contributed by atoms with Crippen molar-refractivity contribution in [1.82, 2.24) is 9.97 Å². The molecule has 1 aromatic carbocycles. The lowest BCUT2D eigenvalue weighted by molar-refractivity contribution is -0.121. The Morgan fingerprint density at radius 1 is 1.09 bits per heavy atom. The third kappa shape index (κ3) is 3.90. The maximum atomic E-state index is 14.0. The van der Waals surface area contributed by atoms with Gasteiger partial charge in [-0.15, -0.1) is 0 Å². The second kappa shape index (κ2) is 8.05. The summed E-state index contributed by atoms with van der Waals surface area (Å²) in [6.45, 7) is 6.79. The van der Waals surface area contributed by atoms with E-state index in [9.17, 15) is 9.18 Å². The van der Waals surface area contributed by atoms with Gasteiger partial charge in [0.25, 0.3) is 0 Å². The number of hydrogen-bond acceptors (Lipinski definition) is 3. The Balaban J connectivity index is 1.33. The molecule has 2 heterocycles. The van der Waals surface area contributed by atoms with Crippen molar-refractivity contribution in [3.05, 3.63) is 65.3 Å². The van der Waals surface area contributed by atoms with Gasteiger partial charge in [-0.3, -0.25) is 9.78 Å². The van der Waals surface area contributed by atoms with Gasteiger partial charge in [0.1, 0.15) is 11.0 Å². The lowest BCUT2D eigenvalue weighted by Crippen LogP contribution is -2.27. The molecule has 2 aromatic heterocycles. The number of benzene rings is 1. The third-order valence-corrected chi connectivity index (χ3v) is 8.79. The van der Waals surface area contributed by atoms with E-state index >= 15 is 0 Å². The second-order valence-electron chi connectivity index (χ2n) is 10.6. The number of pyridine rings is 2. The normalized spacial score (nSPS) is 29.7. The molecule has 172 valence electrons. The SMILES string of the molecule is CC(C(=O)Nc1ccc(Cl)nc1)C1C[C@]2(C)CC(c3ccnc4ccc(F)cc34)C[C@]2(C)C1. The lowest BCUT2D eigenvalue weighted by atomic mass is 9.71. The molecule has 0 radical (unpaired) electrons. The summed E-state index contributed by atoms with van der Waals surface area (Å²) >= 11 is 5.85. The van der Waals surface area contributed by atoms with Crippen molar-refractivity contribution < 1.29 is 9.18 Å². The molecule has 2 saturated carbocycles. The van der Waals surface area contributed by atoms with Crippen LogP contribution in [0.25, 0.3) is 10.9 Å². The fourth-order valence-corrected chi connectivity index (χ4v) is 6.64. The van der Waals surface area contributed by atoms with Crippen LogP contribution in [0.4, 0.5) is 10.1 Å². The molecular formula is C27H29ClFN3O. The summed E-state index contributed by atoms with van der Waals surface area (Å²) in [5, 5.41) is 4.33. The molecule has 5 rings (SSSR count). The van der Waals surface area contributed by atoms with Crippen LogP contribution >= 0.6 is 11.6 Å². The second-order valence-corrected chi connectivity index (χ2v) is 11.0. The summed E-state index contributed by atoms with van der Waals surface area (Å²) in [5.41, 5.74) is 3.00. The number of nitrogens with one attached hydrogen (secondary N) is 1. The number of nitrogens with zero attached hydrogens (tertiary/aromatic N) is 2. The molecule has 4 nitrogen and oxygen atoms in total. The van der Waals surface area contributed by atoms with Crippen LogP contribution in [0.5, 0.6) is 0 Å². The van der Waals surface area contributed by atoms with E-state index in [1.807, 2.05) is 13.1 Å². The molecule has 3 aromatic rings. The van der Waals surface area contributed by atoms with Crippen LogP contribution in [0.15, 0.2) is 48.8 Å². The van der Waals surface area contributed by atoms with Crippen LogP contribution in [0, 0.1) is 28.5 Å². The van der Waals surface area contributed by atoms with Crippen LogP contribution < -0.4 is 5.32 Å². The smallest absolute Gasteiger partial charge is 0.227 e. The Morgan fingerprint density at radius 3 is 2.48 bits per heavy atom. The van der Waals surface area contributed by atoms with Gasteiger partial charge in [0.15, 0.2) is 0 Å². The van der Waals surface area contributed by atoms with Crippen molar-refractivity contribution in [3.8, 4) is 0 Å². The third-order valence-electron chi connectivity index (χ3n) is 8.57. The first-order chi connectivity index (χ1) is 15.7. The summed E-state index contributed by atoms with van der Waals surface area (Å²) in [4.78, 5) is 21.4. The summed E-state index contributed by atoms with van der Waals surface area (Å²) in [7, 11) is 0. The highest BCUT2D eigenvalue weighted by Gasteiger charge is 2.59. The average Bonchev–Trinajstić information content (AvgIpc) is 3.18. The van der Waals surface area contributed by atoms with E-state index in [0.29, 0.717) is 22.7 Å². The maximum Gasteiger partial charge on any atom is 0.227 e.